The molecule has 8 heteroatoms. The molecule has 1 aliphatic carbocycles. The molecule has 29 heavy (non-hydrogen) atoms. The van der Waals surface area contributed by atoms with Gasteiger partial charge in [0.15, 0.2) is 0 Å². The Morgan fingerprint density at radius 1 is 1.03 bits per heavy atom. The minimum atomic E-state index is -0.925. The van der Waals surface area contributed by atoms with Crippen molar-refractivity contribution in [2.24, 2.45) is 5.92 Å². The van der Waals surface area contributed by atoms with Crippen LogP contribution in [-0.4, -0.2) is 65.1 Å². The zero-order valence-corrected chi connectivity index (χ0v) is 16.1. The first-order valence-electron chi connectivity index (χ1n) is 10.3. The smallest absolute Gasteiger partial charge is 0.262 e. The quantitative estimate of drug-likeness (QED) is 0.709. The van der Waals surface area contributed by atoms with Crippen LogP contribution in [0.2, 0.25) is 0 Å². The van der Waals surface area contributed by atoms with Crippen LogP contribution in [0.4, 0.5) is 0 Å². The predicted octanol–water partition coefficient (Wildman–Crippen LogP) is 0.272. The van der Waals surface area contributed by atoms with Crippen LogP contribution in [0.5, 0.6) is 0 Å². The number of fused-ring (bicyclic) bond motifs is 1. The van der Waals surface area contributed by atoms with Crippen molar-refractivity contribution in [1.82, 2.24) is 20.4 Å². The number of amides is 4. The van der Waals surface area contributed by atoms with Crippen LogP contribution in [0.1, 0.15) is 52.0 Å². The SMILES string of the molecule is O=C1CCC(N2C(=O)c3cccc(CN4CCNCC4C4CC4)c3C2=O)C(=O)N1. The summed E-state index contributed by atoms with van der Waals surface area (Å²) >= 11 is 0. The molecule has 3 heterocycles. The third-order valence-corrected chi connectivity index (χ3v) is 6.49. The highest BCUT2D eigenvalue weighted by Crippen LogP contribution is 2.37. The van der Waals surface area contributed by atoms with E-state index in [0.717, 1.165) is 30.1 Å². The Balaban J connectivity index is 1.43. The van der Waals surface area contributed by atoms with E-state index in [9.17, 15) is 19.2 Å². The number of piperidine rings is 1. The van der Waals surface area contributed by atoms with E-state index in [4.69, 9.17) is 0 Å². The summed E-state index contributed by atoms with van der Waals surface area (Å²) in [5.41, 5.74) is 1.61. The van der Waals surface area contributed by atoms with Gasteiger partial charge < -0.3 is 5.32 Å². The largest absolute Gasteiger partial charge is 0.314 e. The molecule has 0 aromatic heterocycles. The highest BCUT2D eigenvalue weighted by molar-refractivity contribution is 6.24. The molecule has 0 spiro atoms. The minimum Gasteiger partial charge on any atom is -0.314 e. The van der Waals surface area contributed by atoms with E-state index < -0.39 is 23.8 Å². The first-order chi connectivity index (χ1) is 14.0. The Labute approximate surface area is 168 Å². The summed E-state index contributed by atoms with van der Waals surface area (Å²) in [6.07, 6.45) is 2.79. The highest BCUT2D eigenvalue weighted by atomic mass is 16.2. The topological polar surface area (TPSA) is 98.8 Å². The van der Waals surface area contributed by atoms with Gasteiger partial charge in [0, 0.05) is 38.6 Å². The van der Waals surface area contributed by atoms with Gasteiger partial charge in [-0.05, 0) is 36.8 Å². The Hall–Kier alpha value is -2.58. The molecular weight excluding hydrogens is 372 g/mol. The number of nitrogens with one attached hydrogen (secondary N) is 2. The molecule has 152 valence electrons. The lowest BCUT2D eigenvalue weighted by molar-refractivity contribution is -0.136. The number of rotatable bonds is 4. The number of carbonyl (C=O) groups excluding carboxylic acids is 4. The van der Waals surface area contributed by atoms with Gasteiger partial charge >= 0.3 is 0 Å². The summed E-state index contributed by atoms with van der Waals surface area (Å²) < 4.78 is 0. The highest BCUT2D eigenvalue weighted by Gasteiger charge is 2.46. The summed E-state index contributed by atoms with van der Waals surface area (Å²) in [5.74, 6) is -1.10. The first-order valence-corrected chi connectivity index (χ1v) is 10.3. The number of hydrogen-bond donors (Lipinski definition) is 2. The van der Waals surface area contributed by atoms with E-state index in [0.29, 0.717) is 29.6 Å². The van der Waals surface area contributed by atoms with Gasteiger partial charge in [-0.15, -0.1) is 0 Å². The maximum atomic E-state index is 13.2. The molecule has 0 radical (unpaired) electrons. The second-order valence-corrected chi connectivity index (χ2v) is 8.37. The van der Waals surface area contributed by atoms with Crippen molar-refractivity contribution in [1.29, 1.82) is 0 Å². The maximum Gasteiger partial charge on any atom is 0.262 e. The average Bonchev–Trinajstić information content (AvgIpc) is 3.51. The number of piperazine rings is 1. The van der Waals surface area contributed by atoms with E-state index in [2.05, 4.69) is 15.5 Å². The van der Waals surface area contributed by atoms with Gasteiger partial charge in [0.05, 0.1) is 11.1 Å². The number of nitrogens with zero attached hydrogens (tertiary/aromatic N) is 2. The zero-order valence-electron chi connectivity index (χ0n) is 16.1. The molecule has 5 rings (SSSR count). The van der Waals surface area contributed by atoms with Crippen LogP contribution in [-0.2, 0) is 16.1 Å². The Kier molecular flexibility index (Phi) is 4.48. The molecule has 8 nitrogen and oxygen atoms in total. The number of hydrogen-bond acceptors (Lipinski definition) is 6. The molecule has 0 bridgehead atoms. The van der Waals surface area contributed by atoms with E-state index in [1.165, 1.54) is 12.8 Å². The normalized spacial score (nSPS) is 27.9. The van der Waals surface area contributed by atoms with Crippen molar-refractivity contribution in [2.75, 3.05) is 19.6 Å². The fraction of sp³-hybridized carbons (Fsp3) is 0.524. The summed E-state index contributed by atoms with van der Waals surface area (Å²) in [4.78, 5) is 53.4. The molecule has 4 amide bonds. The number of imide groups is 2. The molecule has 3 aliphatic heterocycles. The fourth-order valence-electron chi connectivity index (χ4n) is 4.85. The van der Waals surface area contributed by atoms with Gasteiger partial charge in [-0.1, -0.05) is 12.1 Å². The van der Waals surface area contributed by atoms with Crippen LogP contribution in [0, 0.1) is 5.92 Å². The summed E-state index contributed by atoms with van der Waals surface area (Å²) in [5, 5.41) is 5.70. The van der Waals surface area contributed by atoms with Crippen molar-refractivity contribution < 1.29 is 19.2 Å². The lowest BCUT2D eigenvalue weighted by atomic mass is 10.0. The van der Waals surface area contributed by atoms with E-state index in [1.807, 2.05) is 12.1 Å². The second-order valence-electron chi connectivity index (χ2n) is 8.37. The van der Waals surface area contributed by atoms with Crippen LogP contribution >= 0.6 is 0 Å². The molecule has 2 N–H and O–H groups in total. The second kappa shape index (κ2) is 7.03. The van der Waals surface area contributed by atoms with E-state index in [1.54, 1.807) is 6.07 Å². The van der Waals surface area contributed by atoms with Gasteiger partial charge in [-0.25, -0.2) is 0 Å². The lowest BCUT2D eigenvalue weighted by Gasteiger charge is -2.36. The monoisotopic (exact) mass is 396 g/mol. The molecular formula is C21H24N4O4. The molecule has 2 unspecified atom stereocenters. The number of benzene rings is 1. The minimum absolute atomic E-state index is 0.126. The summed E-state index contributed by atoms with van der Waals surface area (Å²) in [6.45, 7) is 3.39. The third kappa shape index (κ3) is 3.16. The molecule has 1 saturated carbocycles. The molecule has 2 atom stereocenters. The van der Waals surface area contributed by atoms with Crippen LogP contribution in [0.3, 0.4) is 0 Å². The van der Waals surface area contributed by atoms with Gasteiger partial charge in [0.1, 0.15) is 6.04 Å². The van der Waals surface area contributed by atoms with Gasteiger partial charge in [0.25, 0.3) is 11.8 Å². The summed E-state index contributed by atoms with van der Waals surface area (Å²) in [7, 11) is 0. The van der Waals surface area contributed by atoms with Crippen LogP contribution in [0.25, 0.3) is 0 Å². The van der Waals surface area contributed by atoms with Crippen molar-refractivity contribution >= 4 is 23.6 Å². The molecule has 4 aliphatic rings. The lowest BCUT2D eigenvalue weighted by Crippen LogP contribution is -2.54. The average molecular weight is 396 g/mol. The molecule has 2 saturated heterocycles. The predicted molar refractivity (Wildman–Crippen MR) is 103 cm³/mol. The Morgan fingerprint density at radius 3 is 2.62 bits per heavy atom. The maximum absolute atomic E-state index is 13.2. The number of carbonyl (C=O) groups is 4. The first kappa shape index (κ1) is 18.4. The zero-order chi connectivity index (χ0) is 20.1. The van der Waals surface area contributed by atoms with E-state index >= 15 is 0 Å². The molecule has 1 aromatic carbocycles. The van der Waals surface area contributed by atoms with Crippen molar-refractivity contribution in [3.63, 3.8) is 0 Å². The van der Waals surface area contributed by atoms with Crippen molar-refractivity contribution in [3.05, 3.63) is 34.9 Å². The Bertz CT molecular complexity index is 910. The van der Waals surface area contributed by atoms with Crippen molar-refractivity contribution in [2.45, 2.75) is 44.3 Å². The molecule has 3 fully saturated rings. The van der Waals surface area contributed by atoms with Crippen molar-refractivity contribution in [3.8, 4) is 0 Å². The Morgan fingerprint density at radius 2 is 1.86 bits per heavy atom. The van der Waals surface area contributed by atoms with Gasteiger partial charge in [-0.3, -0.25) is 34.3 Å². The van der Waals surface area contributed by atoms with E-state index in [-0.39, 0.29) is 18.7 Å². The summed E-state index contributed by atoms with van der Waals surface area (Å²) in [6, 6.07) is 4.90. The fourth-order valence-corrected chi connectivity index (χ4v) is 4.85. The van der Waals surface area contributed by atoms with Gasteiger partial charge in [0.2, 0.25) is 11.8 Å². The van der Waals surface area contributed by atoms with Crippen LogP contribution in [0.15, 0.2) is 18.2 Å². The van der Waals surface area contributed by atoms with Gasteiger partial charge in [-0.2, -0.15) is 0 Å². The van der Waals surface area contributed by atoms with Crippen LogP contribution < -0.4 is 10.6 Å². The standard InChI is InChI=1S/C21H24N4O4/c26-17-7-6-15(19(27)23-17)25-20(28)14-3-1-2-13(18(14)21(25)29)11-24-9-8-22-10-16(24)12-4-5-12/h1-3,12,15-16,22H,4-11H2,(H,23,26,27). The third-order valence-electron chi connectivity index (χ3n) is 6.49. The molecule has 1 aromatic rings.